The number of para-hydroxylation sites is 1. The molecule has 2 amide bonds. The Morgan fingerprint density at radius 3 is 2.58 bits per heavy atom. The van der Waals surface area contributed by atoms with Gasteiger partial charge in [0.05, 0.1) is 17.3 Å². The second-order valence-corrected chi connectivity index (χ2v) is 5.88. The number of benzene rings is 2. The van der Waals surface area contributed by atoms with Crippen LogP contribution >= 0.6 is 15.9 Å². The number of phenols is 1. The summed E-state index contributed by atoms with van der Waals surface area (Å²) in [6, 6.07) is 12.0. The van der Waals surface area contributed by atoms with E-state index >= 15 is 0 Å². The summed E-state index contributed by atoms with van der Waals surface area (Å²) in [5.74, 6) is -0.754. The van der Waals surface area contributed by atoms with E-state index in [-0.39, 0.29) is 17.1 Å². The van der Waals surface area contributed by atoms with E-state index in [0.717, 1.165) is 0 Å². The Labute approximate surface area is 146 Å². The predicted molar refractivity (Wildman–Crippen MR) is 92.4 cm³/mol. The van der Waals surface area contributed by atoms with Crippen molar-refractivity contribution in [1.82, 2.24) is 5.43 Å². The van der Waals surface area contributed by atoms with Crippen LogP contribution in [0.3, 0.4) is 0 Å². The molecule has 0 atom stereocenters. The summed E-state index contributed by atoms with van der Waals surface area (Å²) in [7, 11) is 1.42. The number of phenolic OH excluding ortho intramolecular Hbond substituents is 1. The molecule has 1 fully saturated rings. The number of aromatic hydroxyl groups is 1. The summed E-state index contributed by atoms with van der Waals surface area (Å²) >= 11 is 3.21. The Hall–Kier alpha value is -2.80. The molecule has 3 rings (SSSR count). The number of carbonyl (C=O) groups is 2. The minimum Gasteiger partial charge on any atom is -0.503 e. The van der Waals surface area contributed by atoms with Crippen molar-refractivity contribution in [3.8, 4) is 11.5 Å². The Morgan fingerprint density at radius 1 is 1.21 bits per heavy atom. The Morgan fingerprint density at radius 2 is 1.92 bits per heavy atom. The van der Waals surface area contributed by atoms with E-state index in [2.05, 4.69) is 21.4 Å². The molecule has 2 aromatic carbocycles. The maximum atomic E-state index is 12.5. The Balaban J connectivity index is 1.98. The van der Waals surface area contributed by atoms with Crippen molar-refractivity contribution in [2.75, 3.05) is 12.1 Å². The van der Waals surface area contributed by atoms with Gasteiger partial charge in [0, 0.05) is 0 Å². The molecule has 1 aliphatic rings. The normalized spacial score (nSPS) is 15.8. The first kappa shape index (κ1) is 16.1. The molecule has 0 spiro atoms. The van der Waals surface area contributed by atoms with Crippen LogP contribution < -0.4 is 15.2 Å². The number of hydrogen-bond donors (Lipinski definition) is 2. The zero-order valence-corrected chi connectivity index (χ0v) is 14.2. The first-order valence-electron chi connectivity index (χ1n) is 7.00. The van der Waals surface area contributed by atoms with Crippen LogP contribution in [0.1, 0.15) is 5.56 Å². The maximum absolute atomic E-state index is 12.5. The molecule has 122 valence electrons. The summed E-state index contributed by atoms with van der Waals surface area (Å²) in [6.45, 7) is 0. The van der Waals surface area contributed by atoms with Gasteiger partial charge in [-0.25, -0.2) is 5.01 Å². The van der Waals surface area contributed by atoms with E-state index in [1.54, 1.807) is 36.4 Å². The van der Waals surface area contributed by atoms with Gasteiger partial charge in [0.2, 0.25) is 0 Å². The minimum absolute atomic E-state index is 0.00139. The topological polar surface area (TPSA) is 78.9 Å². The number of ether oxygens (including phenoxy) is 1. The highest BCUT2D eigenvalue weighted by molar-refractivity contribution is 9.10. The van der Waals surface area contributed by atoms with E-state index in [0.29, 0.717) is 15.7 Å². The van der Waals surface area contributed by atoms with Crippen LogP contribution in [0.5, 0.6) is 11.5 Å². The van der Waals surface area contributed by atoms with Crippen LogP contribution in [0.4, 0.5) is 5.69 Å². The molecule has 0 saturated carbocycles. The fraction of sp³-hybridized carbons (Fsp3) is 0.0588. The fourth-order valence-corrected chi connectivity index (χ4v) is 2.78. The zero-order chi connectivity index (χ0) is 17.3. The van der Waals surface area contributed by atoms with Crippen LogP contribution in [0.15, 0.2) is 52.5 Å². The van der Waals surface area contributed by atoms with Crippen LogP contribution in [0.25, 0.3) is 6.08 Å². The number of rotatable bonds is 3. The van der Waals surface area contributed by atoms with Gasteiger partial charge in [-0.2, -0.15) is 0 Å². The SMILES string of the molecule is COc1cc(C=C2C(=O)NN(c3ccccc3)C2=O)cc(Br)c1O. The standard InChI is InChI=1S/C17H13BrN2O4/c1-24-14-9-10(8-13(18)15(14)21)7-12-16(22)19-20(17(12)23)11-5-3-2-4-6-11/h2-9,21H,1H3,(H,19,22). The fourth-order valence-electron chi connectivity index (χ4n) is 2.32. The third-order valence-corrected chi connectivity index (χ3v) is 4.09. The quantitative estimate of drug-likeness (QED) is 0.625. The lowest BCUT2D eigenvalue weighted by Gasteiger charge is -2.13. The highest BCUT2D eigenvalue weighted by atomic mass is 79.9. The van der Waals surface area contributed by atoms with Gasteiger partial charge in [0.15, 0.2) is 11.5 Å². The van der Waals surface area contributed by atoms with E-state index in [9.17, 15) is 14.7 Å². The largest absolute Gasteiger partial charge is 0.503 e. The van der Waals surface area contributed by atoms with Gasteiger partial charge >= 0.3 is 0 Å². The number of amides is 2. The van der Waals surface area contributed by atoms with E-state index in [4.69, 9.17) is 4.74 Å². The van der Waals surface area contributed by atoms with Crippen molar-refractivity contribution >= 4 is 39.5 Å². The number of carbonyl (C=O) groups excluding carboxylic acids is 2. The van der Waals surface area contributed by atoms with Gasteiger partial charge < -0.3 is 9.84 Å². The molecular formula is C17H13BrN2O4. The summed E-state index contributed by atoms with van der Waals surface area (Å²) in [6.07, 6.45) is 1.45. The number of methoxy groups -OCH3 is 1. The smallest absolute Gasteiger partial charge is 0.282 e. The molecule has 1 heterocycles. The number of hydrogen-bond acceptors (Lipinski definition) is 4. The van der Waals surface area contributed by atoms with Crippen molar-refractivity contribution in [2.24, 2.45) is 0 Å². The highest BCUT2D eigenvalue weighted by Gasteiger charge is 2.34. The third kappa shape index (κ3) is 2.85. The average Bonchev–Trinajstić information content (AvgIpc) is 2.87. The van der Waals surface area contributed by atoms with E-state index in [1.165, 1.54) is 18.2 Å². The zero-order valence-electron chi connectivity index (χ0n) is 12.6. The first-order valence-corrected chi connectivity index (χ1v) is 7.79. The second kappa shape index (κ2) is 6.37. The van der Waals surface area contributed by atoms with Crippen molar-refractivity contribution in [3.05, 3.63) is 58.1 Å². The monoisotopic (exact) mass is 388 g/mol. The van der Waals surface area contributed by atoms with Gasteiger partial charge in [-0.1, -0.05) is 18.2 Å². The van der Waals surface area contributed by atoms with Crippen molar-refractivity contribution in [2.45, 2.75) is 0 Å². The van der Waals surface area contributed by atoms with Crippen LogP contribution in [-0.2, 0) is 9.59 Å². The lowest BCUT2D eigenvalue weighted by Crippen LogP contribution is -2.35. The van der Waals surface area contributed by atoms with Crippen molar-refractivity contribution < 1.29 is 19.4 Å². The molecular weight excluding hydrogens is 376 g/mol. The minimum atomic E-state index is -0.494. The molecule has 0 unspecified atom stereocenters. The molecule has 0 bridgehead atoms. The van der Waals surface area contributed by atoms with Crippen LogP contribution in [0.2, 0.25) is 0 Å². The molecule has 1 aliphatic heterocycles. The molecule has 7 heteroatoms. The van der Waals surface area contributed by atoms with Gasteiger partial charge in [-0.3, -0.25) is 15.0 Å². The second-order valence-electron chi connectivity index (χ2n) is 5.03. The molecule has 0 aliphatic carbocycles. The average molecular weight is 389 g/mol. The van der Waals surface area contributed by atoms with Crippen LogP contribution in [-0.4, -0.2) is 24.0 Å². The Bertz CT molecular complexity index is 849. The third-order valence-electron chi connectivity index (χ3n) is 3.49. The van der Waals surface area contributed by atoms with Gasteiger partial charge in [0.1, 0.15) is 5.57 Å². The van der Waals surface area contributed by atoms with Crippen molar-refractivity contribution in [3.63, 3.8) is 0 Å². The van der Waals surface area contributed by atoms with E-state index in [1.807, 2.05) is 6.07 Å². The molecule has 0 radical (unpaired) electrons. The van der Waals surface area contributed by atoms with Gasteiger partial charge in [0.25, 0.3) is 11.8 Å². The van der Waals surface area contributed by atoms with Crippen molar-refractivity contribution in [1.29, 1.82) is 0 Å². The maximum Gasteiger partial charge on any atom is 0.282 e. The number of anilines is 1. The van der Waals surface area contributed by atoms with Gasteiger partial charge in [-0.15, -0.1) is 0 Å². The number of nitrogens with one attached hydrogen (secondary N) is 1. The number of nitrogens with zero attached hydrogens (tertiary/aromatic N) is 1. The summed E-state index contributed by atoms with van der Waals surface area (Å²) in [5.41, 5.74) is 3.65. The number of hydrazine groups is 1. The summed E-state index contributed by atoms with van der Waals surface area (Å²) in [4.78, 5) is 24.7. The lowest BCUT2D eigenvalue weighted by molar-refractivity contribution is -0.117. The summed E-state index contributed by atoms with van der Waals surface area (Å²) < 4.78 is 5.47. The van der Waals surface area contributed by atoms with E-state index < -0.39 is 11.8 Å². The summed E-state index contributed by atoms with van der Waals surface area (Å²) in [5, 5.41) is 11.0. The first-order chi connectivity index (χ1) is 11.5. The number of halogens is 1. The molecule has 0 aromatic heterocycles. The molecule has 1 saturated heterocycles. The van der Waals surface area contributed by atoms with Gasteiger partial charge in [-0.05, 0) is 51.8 Å². The molecule has 6 nitrogen and oxygen atoms in total. The predicted octanol–water partition coefficient (Wildman–Crippen LogP) is 2.62. The molecule has 2 aromatic rings. The molecule has 2 N–H and O–H groups in total. The van der Waals surface area contributed by atoms with Crippen LogP contribution in [0, 0.1) is 0 Å². The Kier molecular flexibility index (Phi) is 4.26. The molecule has 24 heavy (non-hydrogen) atoms. The highest BCUT2D eigenvalue weighted by Crippen LogP contribution is 2.36. The lowest BCUT2D eigenvalue weighted by atomic mass is 10.1.